The lowest BCUT2D eigenvalue weighted by molar-refractivity contribution is -0.132. The van der Waals surface area contributed by atoms with Gasteiger partial charge in [0.2, 0.25) is 0 Å². The molecular formula is C24H18N2O2S. The van der Waals surface area contributed by atoms with Crippen LogP contribution < -0.4 is 4.90 Å². The van der Waals surface area contributed by atoms with Crippen molar-refractivity contribution in [2.75, 3.05) is 11.4 Å². The average Bonchev–Trinajstić information content (AvgIpc) is 3.27. The lowest BCUT2D eigenvalue weighted by Crippen LogP contribution is -2.16. The lowest BCUT2D eigenvalue weighted by Gasteiger charge is -2.17. The van der Waals surface area contributed by atoms with E-state index >= 15 is 0 Å². The predicted octanol–water partition coefficient (Wildman–Crippen LogP) is 5.43. The maximum atomic E-state index is 12.1. The second-order valence-corrected chi connectivity index (χ2v) is 7.41. The summed E-state index contributed by atoms with van der Waals surface area (Å²) in [5, 5.41) is 10.5. The number of thioether (sulfide) groups is 1. The van der Waals surface area contributed by atoms with Gasteiger partial charge >= 0.3 is 5.97 Å². The van der Waals surface area contributed by atoms with Crippen molar-refractivity contribution in [1.82, 2.24) is 0 Å². The minimum Gasteiger partial charge on any atom is -0.422 e. The molecule has 2 aliphatic heterocycles. The molecule has 2 heterocycles. The Morgan fingerprint density at radius 3 is 2.55 bits per heavy atom. The highest BCUT2D eigenvalue weighted by Gasteiger charge is 2.30. The van der Waals surface area contributed by atoms with Crippen LogP contribution in [0.1, 0.15) is 12.5 Å². The summed E-state index contributed by atoms with van der Waals surface area (Å²) < 4.78 is 5.33. The molecule has 2 aromatic rings. The van der Waals surface area contributed by atoms with Crippen LogP contribution in [0.3, 0.4) is 0 Å². The Balaban J connectivity index is 1.60. The number of para-hydroxylation sites is 1. The van der Waals surface area contributed by atoms with Gasteiger partial charge in [-0.15, -0.1) is 0 Å². The fourth-order valence-corrected chi connectivity index (χ4v) is 4.46. The number of carbonyl (C=O) groups excluding carboxylic acids is 1. The number of carbonyl (C=O) groups is 1. The number of benzene rings is 2. The Bertz CT molecular complexity index is 1120. The molecule has 0 amide bonds. The first-order valence-electron chi connectivity index (χ1n) is 9.28. The summed E-state index contributed by atoms with van der Waals surface area (Å²) in [6, 6.07) is 19.6. The van der Waals surface area contributed by atoms with Gasteiger partial charge in [0.1, 0.15) is 17.4 Å². The number of cyclic esters (lactones) is 1. The van der Waals surface area contributed by atoms with Gasteiger partial charge in [0, 0.05) is 17.0 Å². The Morgan fingerprint density at radius 2 is 1.79 bits per heavy atom. The summed E-state index contributed by atoms with van der Waals surface area (Å²) in [4.78, 5) is 15.6. The van der Waals surface area contributed by atoms with Crippen molar-refractivity contribution in [2.45, 2.75) is 11.8 Å². The third-order valence-corrected chi connectivity index (χ3v) is 5.76. The molecule has 0 aromatic heterocycles. The molecule has 0 N–H and O–H groups in total. The van der Waals surface area contributed by atoms with Crippen molar-refractivity contribution in [3.63, 3.8) is 0 Å². The van der Waals surface area contributed by atoms with E-state index in [2.05, 4.69) is 24.0 Å². The van der Waals surface area contributed by atoms with E-state index in [0.29, 0.717) is 11.3 Å². The first-order chi connectivity index (χ1) is 14.2. The van der Waals surface area contributed by atoms with Crippen molar-refractivity contribution in [3.05, 3.63) is 101 Å². The second-order valence-electron chi connectivity index (χ2n) is 6.35. The van der Waals surface area contributed by atoms with Crippen LogP contribution in [0, 0.1) is 11.3 Å². The number of ether oxygens (including phenoxy) is 1. The first-order valence-corrected chi connectivity index (χ1v) is 10.1. The van der Waals surface area contributed by atoms with Crippen molar-refractivity contribution < 1.29 is 9.53 Å². The number of fused-ring (bicyclic) bond motifs is 1. The lowest BCUT2D eigenvalue weighted by atomic mass is 10.0. The second kappa shape index (κ2) is 8.26. The molecule has 4 rings (SSSR count). The topological polar surface area (TPSA) is 53.3 Å². The maximum Gasteiger partial charge on any atom is 0.355 e. The molecule has 0 bridgehead atoms. The Hall–Kier alpha value is -3.49. The normalized spacial score (nSPS) is 18.6. The number of esters is 1. The molecule has 0 fully saturated rings. The largest absolute Gasteiger partial charge is 0.422 e. The molecule has 0 atom stereocenters. The van der Waals surface area contributed by atoms with Gasteiger partial charge in [0.15, 0.2) is 0 Å². The first kappa shape index (κ1) is 18.9. The van der Waals surface area contributed by atoms with Gasteiger partial charge < -0.3 is 9.64 Å². The van der Waals surface area contributed by atoms with Gasteiger partial charge in [-0.1, -0.05) is 66.4 Å². The number of hydrogen-bond donors (Lipinski definition) is 0. The zero-order chi connectivity index (χ0) is 20.2. The van der Waals surface area contributed by atoms with Gasteiger partial charge in [-0.3, -0.25) is 0 Å². The van der Waals surface area contributed by atoms with Gasteiger partial charge in [-0.25, -0.2) is 4.79 Å². The van der Waals surface area contributed by atoms with E-state index < -0.39 is 5.97 Å². The van der Waals surface area contributed by atoms with Crippen LogP contribution in [-0.4, -0.2) is 12.5 Å². The Morgan fingerprint density at radius 1 is 1.07 bits per heavy atom. The molecule has 0 saturated carbocycles. The monoisotopic (exact) mass is 398 g/mol. The molecule has 0 spiro atoms. The molecule has 5 heteroatoms. The molecule has 2 aliphatic rings. The minimum absolute atomic E-state index is 0.0353. The molecule has 142 valence electrons. The van der Waals surface area contributed by atoms with Crippen LogP contribution in [0.5, 0.6) is 0 Å². The number of nitriles is 1. The number of rotatable bonds is 4. The van der Waals surface area contributed by atoms with E-state index in [1.54, 1.807) is 17.8 Å². The number of hydrogen-bond acceptors (Lipinski definition) is 5. The van der Waals surface area contributed by atoms with Crippen LogP contribution in [0.2, 0.25) is 0 Å². The van der Waals surface area contributed by atoms with E-state index in [1.807, 2.05) is 66.8 Å². The molecule has 0 saturated heterocycles. The summed E-state index contributed by atoms with van der Waals surface area (Å²) >= 11 is 1.73. The number of anilines is 1. The van der Waals surface area contributed by atoms with Crippen molar-refractivity contribution in [3.8, 4) is 6.07 Å². The van der Waals surface area contributed by atoms with Crippen molar-refractivity contribution in [2.24, 2.45) is 0 Å². The Labute approximate surface area is 174 Å². The van der Waals surface area contributed by atoms with E-state index in [4.69, 9.17) is 4.74 Å². The van der Waals surface area contributed by atoms with Crippen LogP contribution in [0.25, 0.3) is 5.57 Å². The average molecular weight is 398 g/mol. The van der Waals surface area contributed by atoms with Gasteiger partial charge in [0.25, 0.3) is 0 Å². The highest BCUT2D eigenvalue weighted by molar-refractivity contribution is 8.03. The van der Waals surface area contributed by atoms with Gasteiger partial charge in [-0.2, -0.15) is 5.26 Å². The van der Waals surface area contributed by atoms with E-state index in [-0.39, 0.29) is 5.57 Å². The van der Waals surface area contributed by atoms with Crippen LogP contribution >= 0.6 is 11.8 Å². The van der Waals surface area contributed by atoms with E-state index in [1.165, 1.54) is 10.6 Å². The minimum atomic E-state index is -0.608. The van der Waals surface area contributed by atoms with Gasteiger partial charge in [-0.05, 0) is 36.8 Å². The summed E-state index contributed by atoms with van der Waals surface area (Å²) in [5.74, 6) is -0.217. The van der Waals surface area contributed by atoms with Crippen molar-refractivity contribution in [1.29, 1.82) is 5.26 Å². The zero-order valence-electron chi connectivity index (χ0n) is 15.8. The number of nitrogens with zero attached hydrogens (tertiary/aromatic N) is 2. The summed E-state index contributed by atoms with van der Waals surface area (Å²) in [6.45, 7) is 3.01. The summed E-state index contributed by atoms with van der Waals surface area (Å²) in [6.07, 6.45) is 7.52. The van der Waals surface area contributed by atoms with Crippen LogP contribution in [-0.2, 0) is 9.53 Å². The molecule has 0 aliphatic carbocycles. The summed E-state index contributed by atoms with van der Waals surface area (Å²) in [7, 11) is 0. The fourth-order valence-electron chi connectivity index (χ4n) is 3.32. The standard InChI is InChI=1S/C24H18N2O2S/c1-2-26-19-12-6-8-14-21(19)29-22(26)15-9-7-13-20-23(17-10-4-3-5-11-17)18(16-25)24(27)28-20/h3-15H,2H2,1H3/b9-7+,20-13+,22-15+. The fraction of sp³-hybridized carbons (Fsp3) is 0.0833. The molecule has 29 heavy (non-hydrogen) atoms. The predicted molar refractivity (Wildman–Crippen MR) is 116 cm³/mol. The maximum absolute atomic E-state index is 12.1. The number of allylic oxidation sites excluding steroid dienone is 5. The zero-order valence-corrected chi connectivity index (χ0v) is 16.6. The van der Waals surface area contributed by atoms with Crippen LogP contribution in [0.15, 0.2) is 100 Å². The molecular weight excluding hydrogens is 380 g/mol. The SMILES string of the molecule is CCN1\C(=C/C=C/C=C2/OC(=O)C(C#N)=C2c2ccccc2)Sc2ccccc21. The highest BCUT2D eigenvalue weighted by atomic mass is 32.2. The third-order valence-electron chi connectivity index (χ3n) is 4.63. The van der Waals surface area contributed by atoms with Gasteiger partial charge in [0.05, 0.1) is 10.7 Å². The molecule has 2 aromatic carbocycles. The van der Waals surface area contributed by atoms with Crippen molar-refractivity contribution >= 4 is 29.0 Å². The quantitative estimate of drug-likeness (QED) is 0.643. The molecule has 0 unspecified atom stereocenters. The molecule has 0 radical (unpaired) electrons. The smallest absolute Gasteiger partial charge is 0.355 e. The third kappa shape index (κ3) is 3.63. The summed E-state index contributed by atoms with van der Waals surface area (Å²) in [5.41, 5.74) is 2.57. The van der Waals surface area contributed by atoms with E-state index in [9.17, 15) is 10.1 Å². The highest BCUT2D eigenvalue weighted by Crippen LogP contribution is 2.45. The molecule has 4 nitrogen and oxygen atoms in total. The van der Waals surface area contributed by atoms with E-state index in [0.717, 1.165) is 17.1 Å². The Kier molecular flexibility index (Phi) is 5.37. The van der Waals surface area contributed by atoms with Crippen LogP contribution in [0.4, 0.5) is 5.69 Å².